The molecule has 3 atom stereocenters. The molecule has 0 saturated carbocycles. The van der Waals surface area contributed by atoms with Crippen molar-refractivity contribution in [3.63, 3.8) is 0 Å². The summed E-state index contributed by atoms with van der Waals surface area (Å²) in [7, 11) is 1.58. The van der Waals surface area contributed by atoms with Crippen molar-refractivity contribution < 1.29 is 32.9 Å². The lowest BCUT2D eigenvalue weighted by Gasteiger charge is -2.25. The van der Waals surface area contributed by atoms with Crippen LogP contribution in [0.5, 0.6) is 0 Å². The molecule has 3 unspecified atom stereocenters. The van der Waals surface area contributed by atoms with Crippen molar-refractivity contribution >= 4 is 13.7 Å². The highest BCUT2D eigenvalue weighted by Gasteiger charge is 2.27. The molecule has 3 N–H and O–H groups in total. The molecule has 0 aliphatic rings. The molecule has 0 aromatic carbocycles. The van der Waals surface area contributed by atoms with Gasteiger partial charge in [0.2, 0.25) is 5.91 Å². The molecule has 8 nitrogen and oxygen atoms in total. The average molecular weight is 830 g/mol. The van der Waals surface area contributed by atoms with Crippen LogP contribution in [0.3, 0.4) is 0 Å². The summed E-state index contributed by atoms with van der Waals surface area (Å²) in [6, 6.07) is -0.839. The van der Waals surface area contributed by atoms with Crippen LogP contribution in [-0.2, 0) is 18.4 Å². The molecular weight excluding hydrogens is 732 g/mol. The number of nitrogens with one attached hydrogen (secondary N) is 1. The molecule has 0 fully saturated rings. The van der Waals surface area contributed by atoms with Gasteiger partial charge in [0.25, 0.3) is 0 Å². The van der Waals surface area contributed by atoms with Gasteiger partial charge in [-0.15, -0.1) is 0 Å². The molecule has 0 spiro atoms. The third-order valence-electron chi connectivity index (χ3n) is 11.3. The van der Waals surface area contributed by atoms with Crippen molar-refractivity contribution in [2.45, 2.75) is 251 Å². The van der Waals surface area contributed by atoms with Crippen molar-refractivity contribution in [3.05, 3.63) is 12.2 Å². The number of allylic oxidation sites excluding steroid dienone is 1. The Morgan fingerprint density at radius 1 is 0.579 bits per heavy atom. The van der Waals surface area contributed by atoms with Gasteiger partial charge in [0, 0.05) is 6.42 Å². The number of aliphatic hydroxyl groups excluding tert-OH is 1. The summed E-state index contributed by atoms with van der Waals surface area (Å²) < 4.78 is 23.6. The number of phosphoric acid groups is 1. The molecule has 57 heavy (non-hydrogen) atoms. The number of carbonyl (C=O) groups excluding carboxylic acids is 1. The smallest absolute Gasteiger partial charge is 0.387 e. The molecule has 0 aliphatic heterocycles. The fraction of sp³-hybridized carbons (Fsp3) is 0.938. The van der Waals surface area contributed by atoms with Crippen LogP contribution in [0.4, 0.5) is 0 Å². The number of quaternary nitrogens is 1. The lowest BCUT2D eigenvalue weighted by Crippen LogP contribution is -2.45. The van der Waals surface area contributed by atoms with Gasteiger partial charge in [-0.1, -0.05) is 225 Å². The quantitative estimate of drug-likeness (QED) is 0.0244. The highest BCUT2D eigenvalue weighted by atomic mass is 31.2. The fourth-order valence-electron chi connectivity index (χ4n) is 7.34. The summed E-state index contributed by atoms with van der Waals surface area (Å²) in [6.45, 7) is 4.83. The first-order valence-electron chi connectivity index (χ1n) is 24.6. The Morgan fingerprint density at radius 2 is 0.930 bits per heavy atom. The number of aliphatic hydroxyl groups is 1. The normalized spacial score (nSPS) is 14.3. The zero-order chi connectivity index (χ0) is 42.1. The van der Waals surface area contributed by atoms with E-state index in [9.17, 15) is 19.4 Å². The van der Waals surface area contributed by atoms with E-state index < -0.39 is 20.0 Å². The van der Waals surface area contributed by atoms with E-state index in [4.69, 9.17) is 9.05 Å². The molecule has 0 saturated heterocycles. The van der Waals surface area contributed by atoms with Crippen molar-refractivity contribution in [1.29, 1.82) is 0 Å². The summed E-state index contributed by atoms with van der Waals surface area (Å²) in [4.78, 5) is 23.1. The Balaban J connectivity index is 4.21. The largest absolute Gasteiger partial charge is 0.472 e. The number of nitrogens with zero attached hydrogens (tertiary/aromatic N) is 1. The standard InChI is InChI=1S/C48H97N2O6P/c1-6-8-10-12-14-16-18-19-20-21-22-23-24-25-26-27-28-29-30-32-33-35-37-39-41-47(51)46(45-56-57(53,54)55-44-43-50(3,4)5)49-48(52)42-40-38-36-34-31-17-15-13-11-9-7-2/h39,41,46-47,51H,6-38,40,42-45H2,1-5H3,(H-,49,52,53,54)/p+1/b41-39+. The Kier molecular flexibility index (Phi) is 40.1. The van der Waals surface area contributed by atoms with E-state index in [2.05, 4.69) is 19.2 Å². The first-order valence-corrected chi connectivity index (χ1v) is 26.1. The molecule has 0 aromatic rings. The van der Waals surface area contributed by atoms with Gasteiger partial charge in [0.15, 0.2) is 0 Å². The molecule has 0 radical (unpaired) electrons. The van der Waals surface area contributed by atoms with E-state index in [1.165, 1.54) is 186 Å². The minimum absolute atomic E-state index is 0.0646. The first kappa shape index (κ1) is 56.2. The van der Waals surface area contributed by atoms with Gasteiger partial charge in [-0.25, -0.2) is 4.57 Å². The maximum absolute atomic E-state index is 12.8. The molecular formula is C48H98N2O6P+. The maximum atomic E-state index is 12.8. The van der Waals surface area contributed by atoms with Crippen molar-refractivity contribution in [2.24, 2.45) is 0 Å². The van der Waals surface area contributed by atoms with E-state index in [1.807, 2.05) is 27.2 Å². The summed E-state index contributed by atoms with van der Waals surface area (Å²) in [5.41, 5.74) is 0. The summed E-state index contributed by atoms with van der Waals surface area (Å²) in [5, 5.41) is 13.8. The molecule has 0 heterocycles. The van der Waals surface area contributed by atoms with E-state index in [0.717, 1.165) is 32.1 Å². The molecule has 9 heteroatoms. The Hall–Kier alpha value is -0.760. The average Bonchev–Trinajstić information content (AvgIpc) is 3.16. The highest BCUT2D eigenvalue weighted by molar-refractivity contribution is 7.47. The van der Waals surface area contributed by atoms with E-state index in [-0.39, 0.29) is 19.1 Å². The van der Waals surface area contributed by atoms with Crippen LogP contribution in [0, 0.1) is 0 Å². The van der Waals surface area contributed by atoms with Crippen molar-refractivity contribution in [3.8, 4) is 0 Å². The number of unbranched alkanes of at least 4 members (excludes halogenated alkanes) is 32. The molecule has 340 valence electrons. The Labute approximate surface area is 354 Å². The van der Waals surface area contributed by atoms with Gasteiger partial charge in [-0.3, -0.25) is 13.8 Å². The van der Waals surface area contributed by atoms with Crippen molar-refractivity contribution in [1.82, 2.24) is 5.32 Å². The van der Waals surface area contributed by atoms with E-state index in [1.54, 1.807) is 6.08 Å². The van der Waals surface area contributed by atoms with Gasteiger partial charge in [-0.2, -0.15) is 0 Å². The predicted molar refractivity (Wildman–Crippen MR) is 245 cm³/mol. The Bertz CT molecular complexity index is 942. The van der Waals surface area contributed by atoms with Gasteiger partial charge < -0.3 is 19.8 Å². The van der Waals surface area contributed by atoms with Crippen LogP contribution in [0.1, 0.15) is 239 Å². The number of amides is 1. The molecule has 0 rings (SSSR count). The minimum atomic E-state index is -4.33. The van der Waals surface area contributed by atoms with E-state index in [0.29, 0.717) is 17.4 Å². The summed E-state index contributed by atoms with van der Waals surface area (Å²) in [6.07, 6.45) is 47.2. The Morgan fingerprint density at radius 3 is 1.30 bits per heavy atom. The number of carbonyl (C=O) groups is 1. The topological polar surface area (TPSA) is 105 Å². The second-order valence-electron chi connectivity index (χ2n) is 18.2. The molecule has 0 bridgehead atoms. The van der Waals surface area contributed by atoms with Crippen LogP contribution >= 0.6 is 7.82 Å². The van der Waals surface area contributed by atoms with Gasteiger partial charge in [-0.05, 0) is 19.3 Å². The maximum Gasteiger partial charge on any atom is 0.472 e. The predicted octanol–water partition coefficient (Wildman–Crippen LogP) is 13.9. The number of rotatable bonds is 45. The second-order valence-corrected chi connectivity index (χ2v) is 19.7. The molecule has 0 aromatic heterocycles. The monoisotopic (exact) mass is 830 g/mol. The third kappa shape index (κ3) is 43.1. The van der Waals surface area contributed by atoms with Crippen LogP contribution in [-0.4, -0.2) is 73.4 Å². The number of hydrogen-bond acceptors (Lipinski definition) is 5. The lowest BCUT2D eigenvalue weighted by molar-refractivity contribution is -0.870. The van der Waals surface area contributed by atoms with Gasteiger partial charge >= 0.3 is 7.82 Å². The SMILES string of the molecule is CCCCCCCCCCCCCCCCCCCCCCCC/C=C/C(O)C(COP(=O)(O)OCC[N+](C)(C)C)NC(=O)CCCCCCCCCCCCC. The minimum Gasteiger partial charge on any atom is -0.387 e. The number of phosphoric ester groups is 1. The molecule has 1 amide bonds. The number of likely N-dealkylation sites (N-methyl/N-ethyl adjacent to an activating group) is 1. The number of hydrogen-bond donors (Lipinski definition) is 3. The summed E-state index contributed by atoms with van der Waals surface area (Å²) in [5.74, 6) is -0.176. The molecule has 0 aliphatic carbocycles. The van der Waals surface area contributed by atoms with Gasteiger partial charge in [0.1, 0.15) is 13.2 Å². The zero-order valence-corrected chi connectivity index (χ0v) is 39.5. The van der Waals surface area contributed by atoms with E-state index >= 15 is 0 Å². The second kappa shape index (κ2) is 40.6. The summed E-state index contributed by atoms with van der Waals surface area (Å²) >= 11 is 0. The van der Waals surface area contributed by atoms with Crippen molar-refractivity contribution in [2.75, 3.05) is 40.9 Å². The first-order chi connectivity index (χ1) is 27.5. The van der Waals surface area contributed by atoms with Crippen LogP contribution < -0.4 is 5.32 Å². The van der Waals surface area contributed by atoms with Gasteiger partial charge in [0.05, 0.1) is 39.9 Å². The fourth-order valence-corrected chi connectivity index (χ4v) is 8.07. The van der Waals surface area contributed by atoms with Crippen LogP contribution in [0.25, 0.3) is 0 Å². The van der Waals surface area contributed by atoms with Crippen LogP contribution in [0.2, 0.25) is 0 Å². The lowest BCUT2D eigenvalue weighted by atomic mass is 10.0. The highest BCUT2D eigenvalue weighted by Crippen LogP contribution is 2.43. The van der Waals surface area contributed by atoms with Crippen LogP contribution in [0.15, 0.2) is 12.2 Å². The third-order valence-corrected chi connectivity index (χ3v) is 12.2. The zero-order valence-electron chi connectivity index (χ0n) is 38.6.